The molecule has 0 atom stereocenters. The first-order valence-electron chi connectivity index (χ1n) is 3.26. The van der Waals surface area contributed by atoms with Crippen molar-refractivity contribution >= 4 is 17.1 Å². The van der Waals surface area contributed by atoms with E-state index in [0.717, 1.165) is 11.3 Å². The van der Waals surface area contributed by atoms with Crippen molar-refractivity contribution in [3.8, 4) is 0 Å². The Bertz CT molecular complexity index is 67.0. The highest BCUT2D eigenvalue weighted by Crippen LogP contribution is 1.99. The summed E-state index contributed by atoms with van der Waals surface area (Å²) in [7, 11) is 0. The van der Waals surface area contributed by atoms with Gasteiger partial charge >= 0.3 is 0 Å². The van der Waals surface area contributed by atoms with Crippen LogP contribution in [0.1, 0.15) is 47.0 Å². The Balaban J connectivity index is 0. The molecule has 0 aliphatic carbocycles. The molecule has 0 saturated heterocycles. The van der Waals surface area contributed by atoms with Crippen molar-refractivity contribution in [3.63, 3.8) is 0 Å². The van der Waals surface area contributed by atoms with Gasteiger partial charge in [-0.15, -0.1) is 0 Å². The molecule has 0 saturated carbocycles. The molecule has 0 rings (SSSR count). The number of unbranched alkanes of at least 4 members (excludes halogenated alkanes) is 2. The van der Waals surface area contributed by atoms with Gasteiger partial charge in [0.1, 0.15) is 0 Å². The minimum absolute atomic E-state index is 0. The van der Waals surface area contributed by atoms with E-state index in [0.29, 0.717) is 0 Å². The van der Waals surface area contributed by atoms with Gasteiger partial charge < -0.3 is 0 Å². The zero-order valence-electron chi connectivity index (χ0n) is 5.74. The highest BCUT2D eigenvalue weighted by atomic mass is 32.1. The van der Waals surface area contributed by atoms with Crippen LogP contribution in [0.4, 0.5) is 0 Å². The lowest BCUT2D eigenvalue weighted by atomic mass is 10.2. The summed E-state index contributed by atoms with van der Waals surface area (Å²) in [6, 6.07) is 0. The standard InChI is InChI=1S/C7H14S.CH4/c1-3-4-5-6-7(2)8;/h3-6H2,1-2H3;1H4. The molecule has 0 amide bonds. The van der Waals surface area contributed by atoms with E-state index in [-0.39, 0.29) is 7.43 Å². The van der Waals surface area contributed by atoms with Crippen LogP contribution in [0, 0.1) is 0 Å². The lowest BCUT2D eigenvalue weighted by Crippen LogP contribution is -1.84. The summed E-state index contributed by atoms with van der Waals surface area (Å²) in [4.78, 5) is 1.15. The van der Waals surface area contributed by atoms with Crippen molar-refractivity contribution in [1.29, 1.82) is 0 Å². The Morgan fingerprint density at radius 1 is 1.33 bits per heavy atom. The van der Waals surface area contributed by atoms with Crippen LogP contribution in [-0.4, -0.2) is 4.86 Å². The molecule has 0 aromatic rings. The number of hydrogen-bond acceptors (Lipinski definition) is 1. The number of hydrogen-bond donors (Lipinski definition) is 0. The molecule has 0 aliphatic rings. The van der Waals surface area contributed by atoms with Crippen LogP contribution >= 0.6 is 12.2 Å². The van der Waals surface area contributed by atoms with Gasteiger partial charge in [-0.1, -0.05) is 39.4 Å². The van der Waals surface area contributed by atoms with Gasteiger partial charge in [0.15, 0.2) is 0 Å². The summed E-state index contributed by atoms with van der Waals surface area (Å²) in [5.41, 5.74) is 0. The second-order valence-corrected chi connectivity index (χ2v) is 2.86. The average molecular weight is 146 g/mol. The quantitative estimate of drug-likeness (QED) is 0.431. The zero-order chi connectivity index (χ0) is 6.41. The minimum Gasteiger partial charge on any atom is -0.0900 e. The first-order valence-corrected chi connectivity index (χ1v) is 3.67. The summed E-state index contributed by atoms with van der Waals surface area (Å²) in [5.74, 6) is 0. The second kappa shape index (κ2) is 8.09. The monoisotopic (exact) mass is 146 g/mol. The summed E-state index contributed by atoms with van der Waals surface area (Å²) >= 11 is 4.91. The molecule has 0 radical (unpaired) electrons. The van der Waals surface area contributed by atoms with Gasteiger partial charge in [-0.05, 0) is 24.6 Å². The minimum atomic E-state index is 0. The van der Waals surface area contributed by atoms with E-state index in [9.17, 15) is 0 Å². The lowest BCUT2D eigenvalue weighted by molar-refractivity contribution is 0.744. The summed E-state index contributed by atoms with van der Waals surface area (Å²) in [5, 5.41) is 0. The number of rotatable bonds is 4. The maximum atomic E-state index is 4.91. The molecule has 0 aromatic heterocycles. The van der Waals surface area contributed by atoms with Crippen LogP contribution in [0.5, 0.6) is 0 Å². The molecule has 0 spiro atoms. The van der Waals surface area contributed by atoms with Crippen molar-refractivity contribution in [2.24, 2.45) is 0 Å². The molecular formula is C8H18S. The molecule has 0 fully saturated rings. The van der Waals surface area contributed by atoms with Crippen molar-refractivity contribution in [3.05, 3.63) is 0 Å². The van der Waals surface area contributed by atoms with Gasteiger partial charge in [0.25, 0.3) is 0 Å². The highest BCUT2D eigenvalue weighted by Gasteiger charge is 1.86. The zero-order valence-corrected chi connectivity index (χ0v) is 6.55. The average Bonchev–Trinajstić information content (AvgIpc) is 1.66. The predicted octanol–water partition coefficient (Wildman–Crippen LogP) is 3.59. The van der Waals surface area contributed by atoms with Crippen molar-refractivity contribution < 1.29 is 0 Å². The smallest absolute Gasteiger partial charge is 0.0102 e. The normalized spacial score (nSPS) is 8.22. The maximum absolute atomic E-state index is 4.91. The lowest BCUT2D eigenvalue weighted by Gasteiger charge is -1.93. The van der Waals surface area contributed by atoms with Gasteiger partial charge in [-0.2, -0.15) is 0 Å². The van der Waals surface area contributed by atoms with Gasteiger partial charge in [0, 0.05) is 0 Å². The fraction of sp³-hybridized carbons (Fsp3) is 0.875. The van der Waals surface area contributed by atoms with E-state index in [1.54, 1.807) is 0 Å². The summed E-state index contributed by atoms with van der Waals surface area (Å²) < 4.78 is 0. The molecule has 0 bridgehead atoms. The third-order valence-corrected chi connectivity index (χ3v) is 1.34. The van der Waals surface area contributed by atoms with E-state index in [1.807, 2.05) is 6.92 Å². The largest absolute Gasteiger partial charge is 0.0900 e. The van der Waals surface area contributed by atoms with E-state index in [4.69, 9.17) is 12.2 Å². The molecule has 0 aromatic carbocycles. The molecule has 0 heterocycles. The van der Waals surface area contributed by atoms with Crippen LogP contribution in [0.2, 0.25) is 0 Å². The van der Waals surface area contributed by atoms with Crippen LogP contribution in [0.25, 0.3) is 0 Å². The van der Waals surface area contributed by atoms with Crippen molar-refractivity contribution in [2.45, 2.75) is 47.0 Å². The van der Waals surface area contributed by atoms with Crippen LogP contribution in [-0.2, 0) is 0 Å². The summed E-state index contributed by atoms with van der Waals surface area (Å²) in [6.07, 6.45) is 5.05. The van der Waals surface area contributed by atoms with E-state index in [2.05, 4.69) is 6.92 Å². The van der Waals surface area contributed by atoms with Gasteiger partial charge in [0.05, 0.1) is 0 Å². The SMILES string of the molecule is C.CCCCCC(C)=S. The maximum Gasteiger partial charge on any atom is -0.0102 e. The molecule has 9 heavy (non-hydrogen) atoms. The Hall–Kier alpha value is 0.0900. The Morgan fingerprint density at radius 2 is 1.89 bits per heavy atom. The second-order valence-electron chi connectivity index (χ2n) is 2.16. The van der Waals surface area contributed by atoms with Gasteiger partial charge in [-0.25, -0.2) is 0 Å². The molecule has 0 unspecified atom stereocenters. The van der Waals surface area contributed by atoms with E-state index >= 15 is 0 Å². The predicted molar refractivity (Wildman–Crippen MR) is 49.1 cm³/mol. The van der Waals surface area contributed by atoms with Gasteiger partial charge in [-0.3, -0.25) is 0 Å². The molecule has 0 aliphatic heterocycles. The van der Waals surface area contributed by atoms with Gasteiger partial charge in [0.2, 0.25) is 0 Å². The highest BCUT2D eigenvalue weighted by molar-refractivity contribution is 7.80. The third kappa shape index (κ3) is 11.6. The Kier molecular flexibility index (Phi) is 10.6. The topological polar surface area (TPSA) is 0 Å². The third-order valence-electron chi connectivity index (χ3n) is 1.13. The first-order chi connectivity index (χ1) is 3.77. The van der Waals surface area contributed by atoms with Crippen LogP contribution in [0.3, 0.4) is 0 Å². The molecular weight excluding hydrogens is 128 g/mol. The van der Waals surface area contributed by atoms with E-state index < -0.39 is 0 Å². The summed E-state index contributed by atoms with van der Waals surface area (Å²) in [6.45, 7) is 4.23. The first kappa shape index (κ1) is 11.8. The Labute approximate surface area is 64.7 Å². The molecule has 0 N–H and O–H groups in total. The molecule has 0 nitrogen and oxygen atoms in total. The Morgan fingerprint density at radius 3 is 2.22 bits per heavy atom. The fourth-order valence-corrected chi connectivity index (χ4v) is 0.768. The number of thiocarbonyl (C=S) groups is 1. The van der Waals surface area contributed by atoms with E-state index in [1.165, 1.54) is 19.3 Å². The molecule has 1 heteroatoms. The van der Waals surface area contributed by atoms with Crippen molar-refractivity contribution in [2.75, 3.05) is 0 Å². The molecule has 56 valence electrons. The van der Waals surface area contributed by atoms with Crippen molar-refractivity contribution in [1.82, 2.24) is 0 Å². The van der Waals surface area contributed by atoms with Crippen LogP contribution in [0.15, 0.2) is 0 Å². The fourth-order valence-electron chi connectivity index (χ4n) is 0.624. The van der Waals surface area contributed by atoms with Crippen LogP contribution < -0.4 is 0 Å².